The molecule has 1 rings (SSSR count). The van der Waals surface area contributed by atoms with Gasteiger partial charge in [-0.2, -0.15) is 4.31 Å². The van der Waals surface area contributed by atoms with Crippen molar-refractivity contribution in [2.24, 2.45) is 0 Å². The van der Waals surface area contributed by atoms with E-state index in [2.05, 4.69) is 15.9 Å². The quantitative estimate of drug-likeness (QED) is 0.632. The lowest BCUT2D eigenvalue weighted by Crippen LogP contribution is -2.36. The molecular weight excluding hydrogens is 422 g/mol. The molecule has 0 heterocycles. The molecule has 1 aromatic carbocycles. The van der Waals surface area contributed by atoms with Gasteiger partial charge in [0.1, 0.15) is 4.90 Å². The first-order valence-electron chi connectivity index (χ1n) is 5.19. The van der Waals surface area contributed by atoms with Crippen LogP contribution in [0.4, 0.5) is 8.78 Å². The molecule has 0 saturated carbocycles. The molecule has 3 nitrogen and oxygen atoms in total. The van der Waals surface area contributed by atoms with Crippen molar-refractivity contribution in [3.05, 3.63) is 26.7 Å². The summed E-state index contributed by atoms with van der Waals surface area (Å²) in [7, 11) is -4.25. The van der Waals surface area contributed by atoms with Crippen LogP contribution < -0.4 is 0 Å². The van der Waals surface area contributed by atoms with Gasteiger partial charge in [0, 0.05) is 16.9 Å². The summed E-state index contributed by atoms with van der Waals surface area (Å²) in [5, 5.41) is -0.309. The monoisotopic (exact) mass is 429 g/mol. The number of hydrogen-bond acceptors (Lipinski definition) is 2. The van der Waals surface area contributed by atoms with Crippen LogP contribution in [0.25, 0.3) is 0 Å². The van der Waals surface area contributed by atoms with Crippen LogP contribution >= 0.6 is 50.7 Å². The Hall–Kier alpha value is 0.340. The third-order valence-corrected chi connectivity index (χ3v) is 5.65. The van der Waals surface area contributed by atoms with Gasteiger partial charge in [0.2, 0.25) is 10.0 Å². The van der Waals surface area contributed by atoms with Crippen molar-refractivity contribution in [1.82, 2.24) is 4.31 Å². The van der Waals surface area contributed by atoms with Crippen LogP contribution in [0.3, 0.4) is 0 Å². The van der Waals surface area contributed by atoms with E-state index in [4.69, 9.17) is 34.8 Å². The van der Waals surface area contributed by atoms with Gasteiger partial charge in [-0.05, 0) is 12.1 Å². The number of halogens is 6. The lowest BCUT2D eigenvalue weighted by Gasteiger charge is -2.22. The maximum atomic E-state index is 12.5. The van der Waals surface area contributed by atoms with E-state index < -0.39 is 27.9 Å². The summed E-state index contributed by atoms with van der Waals surface area (Å²) in [6, 6.07) is 2.64. The maximum Gasteiger partial charge on any atom is 0.252 e. The first-order chi connectivity index (χ1) is 9.20. The van der Waals surface area contributed by atoms with Gasteiger partial charge in [-0.15, -0.1) is 11.6 Å². The zero-order chi connectivity index (χ0) is 15.5. The van der Waals surface area contributed by atoms with Crippen molar-refractivity contribution in [3.63, 3.8) is 0 Å². The van der Waals surface area contributed by atoms with Crippen molar-refractivity contribution in [1.29, 1.82) is 0 Å². The van der Waals surface area contributed by atoms with Gasteiger partial charge >= 0.3 is 0 Å². The fourth-order valence-electron chi connectivity index (χ4n) is 1.46. The number of alkyl halides is 3. The van der Waals surface area contributed by atoms with E-state index in [1.165, 1.54) is 12.1 Å². The second-order valence-corrected chi connectivity index (χ2v) is 7.62. The second-order valence-electron chi connectivity index (χ2n) is 3.64. The summed E-state index contributed by atoms with van der Waals surface area (Å²) in [5.41, 5.74) is 0. The maximum absolute atomic E-state index is 12.5. The molecule has 114 valence electrons. The Bertz CT molecular complexity index is 563. The fraction of sp³-hybridized carbons (Fsp3) is 0.400. The predicted molar refractivity (Wildman–Crippen MR) is 79.6 cm³/mol. The average Bonchev–Trinajstić information content (AvgIpc) is 2.25. The van der Waals surface area contributed by atoms with Crippen LogP contribution in [0.5, 0.6) is 0 Å². The van der Waals surface area contributed by atoms with Crippen LogP contribution in [0, 0.1) is 0 Å². The molecule has 0 radical (unpaired) electrons. The van der Waals surface area contributed by atoms with Gasteiger partial charge in [-0.1, -0.05) is 39.1 Å². The Labute approximate surface area is 139 Å². The molecule has 0 saturated heterocycles. The lowest BCUT2D eigenvalue weighted by atomic mass is 10.4. The summed E-state index contributed by atoms with van der Waals surface area (Å²) >= 11 is 20.3. The van der Waals surface area contributed by atoms with E-state index in [0.717, 1.165) is 0 Å². The molecule has 0 spiro atoms. The topological polar surface area (TPSA) is 37.4 Å². The molecule has 0 bridgehead atoms. The predicted octanol–water partition coefficient (Wildman–Crippen LogP) is 4.25. The number of rotatable bonds is 6. The number of hydrogen-bond donors (Lipinski definition) is 0. The summed E-state index contributed by atoms with van der Waals surface area (Å²) in [6.07, 6.45) is -2.83. The molecular formula is C10H9BrCl3F2NO2S. The van der Waals surface area contributed by atoms with E-state index in [9.17, 15) is 17.2 Å². The minimum Gasteiger partial charge on any atom is -0.209 e. The molecule has 0 aliphatic carbocycles. The van der Waals surface area contributed by atoms with Crippen LogP contribution in [0.1, 0.15) is 0 Å². The van der Waals surface area contributed by atoms with E-state index in [1.54, 1.807) is 0 Å². The Morgan fingerprint density at radius 3 is 2.15 bits per heavy atom. The first-order valence-corrected chi connectivity index (χ1v) is 8.71. The Balaban J connectivity index is 3.33. The minimum absolute atomic E-state index is 0.127. The Kier molecular flexibility index (Phi) is 6.95. The summed E-state index contributed by atoms with van der Waals surface area (Å²) in [4.78, 5) is -0.408. The van der Waals surface area contributed by atoms with Crippen LogP contribution in [0.15, 0.2) is 21.5 Å². The Morgan fingerprint density at radius 2 is 1.75 bits per heavy atom. The van der Waals surface area contributed by atoms with Crippen molar-refractivity contribution in [3.8, 4) is 0 Å². The summed E-state index contributed by atoms with van der Waals surface area (Å²) in [6.45, 7) is -1.24. The highest BCUT2D eigenvalue weighted by molar-refractivity contribution is 9.10. The number of sulfonamides is 1. The molecule has 20 heavy (non-hydrogen) atoms. The van der Waals surface area contributed by atoms with Gasteiger partial charge in [-0.3, -0.25) is 0 Å². The van der Waals surface area contributed by atoms with E-state index in [0.29, 0.717) is 8.78 Å². The van der Waals surface area contributed by atoms with Gasteiger partial charge in [0.05, 0.1) is 16.6 Å². The highest BCUT2D eigenvalue weighted by Gasteiger charge is 2.31. The van der Waals surface area contributed by atoms with Crippen LogP contribution in [-0.4, -0.2) is 38.1 Å². The second kappa shape index (κ2) is 7.56. The average molecular weight is 432 g/mol. The molecule has 0 N–H and O–H groups in total. The van der Waals surface area contributed by atoms with Crippen molar-refractivity contribution >= 4 is 60.8 Å². The molecule has 0 aromatic heterocycles. The molecule has 0 aliphatic rings. The van der Waals surface area contributed by atoms with E-state index >= 15 is 0 Å². The van der Waals surface area contributed by atoms with Gasteiger partial charge in [-0.25, -0.2) is 17.2 Å². The lowest BCUT2D eigenvalue weighted by molar-refractivity contribution is 0.121. The molecule has 10 heteroatoms. The van der Waals surface area contributed by atoms with Crippen LogP contribution in [0.2, 0.25) is 10.0 Å². The largest absolute Gasteiger partial charge is 0.252 e. The molecule has 0 aliphatic heterocycles. The van der Waals surface area contributed by atoms with Crippen LogP contribution in [-0.2, 0) is 10.0 Å². The van der Waals surface area contributed by atoms with Gasteiger partial charge in [0.25, 0.3) is 6.43 Å². The first kappa shape index (κ1) is 18.4. The Morgan fingerprint density at radius 1 is 1.25 bits per heavy atom. The zero-order valence-corrected chi connectivity index (χ0v) is 14.5. The molecule has 0 unspecified atom stereocenters. The summed E-state index contributed by atoms with van der Waals surface area (Å²) in [5.74, 6) is -0.127. The minimum atomic E-state index is -4.25. The van der Waals surface area contributed by atoms with Crippen molar-refractivity contribution in [2.45, 2.75) is 11.3 Å². The standard InChI is InChI=1S/C10H9BrCl3F2NO2S/c11-6-3-7(13)10(8(14)4-6)20(18,19)17(2-1-12)5-9(15)16/h3-4,9H,1-2,5H2. The number of nitrogens with zero attached hydrogens (tertiary/aromatic N) is 1. The third-order valence-electron chi connectivity index (χ3n) is 2.24. The highest BCUT2D eigenvalue weighted by Crippen LogP contribution is 2.34. The smallest absolute Gasteiger partial charge is 0.209 e. The molecule has 0 fully saturated rings. The fourth-order valence-corrected chi connectivity index (χ4v) is 5.07. The van der Waals surface area contributed by atoms with E-state index in [-0.39, 0.29) is 22.5 Å². The van der Waals surface area contributed by atoms with Gasteiger partial charge < -0.3 is 0 Å². The summed E-state index contributed by atoms with van der Waals surface area (Å²) < 4.78 is 50.8. The van der Waals surface area contributed by atoms with Gasteiger partial charge in [0.15, 0.2) is 0 Å². The van der Waals surface area contributed by atoms with E-state index in [1.807, 2.05) is 0 Å². The molecule has 1 aromatic rings. The molecule has 0 amide bonds. The number of benzene rings is 1. The zero-order valence-electron chi connectivity index (χ0n) is 9.79. The SMILES string of the molecule is O=S(=O)(c1c(Cl)cc(Br)cc1Cl)N(CCCl)CC(F)F. The third kappa shape index (κ3) is 4.42. The normalized spacial score (nSPS) is 12.4. The molecule has 0 atom stereocenters. The van der Waals surface area contributed by atoms with Crippen molar-refractivity contribution < 1.29 is 17.2 Å². The highest BCUT2D eigenvalue weighted by atomic mass is 79.9. The van der Waals surface area contributed by atoms with Crippen molar-refractivity contribution in [2.75, 3.05) is 19.0 Å².